The highest BCUT2D eigenvalue weighted by Crippen LogP contribution is 2.37. The minimum absolute atomic E-state index is 0.211. The number of amides is 2. The van der Waals surface area contributed by atoms with Crippen molar-refractivity contribution in [1.29, 1.82) is 0 Å². The Kier molecular flexibility index (Phi) is 10.9. The maximum atomic E-state index is 12.6. The Bertz CT molecular complexity index is 1060. The maximum absolute atomic E-state index is 12.6. The number of carbonyl (C=O) groups excluding carboxylic acids is 2. The third-order valence-corrected chi connectivity index (χ3v) is 6.01. The molecule has 8 heteroatoms. The summed E-state index contributed by atoms with van der Waals surface area (Å²) in [5, 5.41) is 5.45. The Hall–Kier alpha value is -3.94. The van der Waals surface area contributed by atoms with E-state index in [-0.39, 0.29) is 6.54 Å². The Labute approximate surface area is 213 Å². The van der Waals surface area contributed by atoms with Crippen LogP contribution in [0.5, 0.6) is 23.0 Å². The number of methoxy groups -OCH3 is 4. The van der Waals surface area contributed by atoms with Crippen LogP contribution in [0.3, 0.4) is 0 Å². The smallest absolute Gasteiger partial charge is 0.309 e. The number of ether oxygens (including phenoxy) is 4. The van der Waals surface area contributed by atoms with Gasteiger partial charge in [0.15, 0.2) is 23.0 Å². The lowest BCUT2D eigenvalue weighted by molar-refractivity contribution is -0.139. The second-order valence-corrected chi connectivity index (χ2v) is 8.21. The summed E-state index contributed by atoms with van der Waals surface area (Å²) in [6, 6.07) is 11.1. The standard InChI is InChI=1S/C28H36N2O6/c1-7-14-28(15-8-2,21-10-12-23(34-4)25(18-21)36-6)19-30-27(32)26(31)29-16-13-20-9-11-22(33-3)24(17-20)35-5/h7-12,17-18H,1-2,13-16,19H2,3-6H3,(H,29,31)(H,30,32). The zero-order chi connectivity index (χ0) is 26.6. The van der Waals surface area contributed by atoms with Crippen LogP contribution in [-0.2, 0) is 21.4 Å². The van der Waals surface area contributed by atoms with E-state index in [1.54, 1.807) is 46.7 Å². The van der Waals surface area contributed by atoms with Gasteiger partial charge >= 0.3 is 11.8 Å². The van der Waals surface area contributed by atoms with E-state index in [4.69, 9.17) is 18.9 Å². The highest BCUT2D eigenvalue weighted by atomic mass is 16.5. The molecular weight excluding hydrogens is 460 g/mol. The highest BCUT2D eigenvalue weighted by molar-refractivity contribution is 6.35. The van der Waals surface area contributed by atoms with Crippen LogP contribution in [0.4, 0.5) is 0 Å². The van der Waals surface area contributed by atoms with Gasteiger partial charge in [-0.2, -0.15) is 0 Å². The van der Waals surface area contributed by atoms with E-state index in [1.165, 1.54) is 0 Å². The van der Waals surface area contributed by atoms with Gasteiger partial charge in [0, 0.05) is 18.5 Å². The largest absolute Gasteiger partial charge is 0.493 e. The van der Waals surface area contributed by atoms with Gasteiger partial charge in [0.1, 0.15) is 0 Å². The average molecular weight is 497 g/mol. The van der Waals surface area contributed by atoms with Crippen LogP contribution < -0.4 is 29.6 Å². The lowest BCUT2D eigenvalue weighted by atomic mass is 9.74. The molecule has 2 N–H and O–H groups in total. The molecule has 194 valence electrons. The van der Waals surface area contributed by atoms with Crippen molar-refractivity contribution in [3.8, 4) is 23.0 Å². The fourth-order valence-corrected chi connectivity index (χ4v) is 4.05. The number of rotatable bonds is 14. The molecule has 0 unspecified atom stereocenters. The predicted molar refractivity (Wildman–Crippen MR) is 140 cm³/mol. The van der Waals surface area contributed by atoms with Crippen LogP contribution in [0.25, 0.3) is 0 Å². The van der Waals surface area contributed by atoms with E-state index < -0.39 is 17.2 Å². The van der Waals surface area contributed by atoms with E-state index in [9.17, 15) is 9.59 Å². The summed E-state index contributed by atoms with van der Waals surface area (Å²) in [6.45, 7) is 8.27. The second kappa shape index (κ2) is 13.8. The zero-order valence-electron chi connectivity index (χ0n) is 21.5. The third kappa shape index (κ3) is 7.04. The maximum Gasteiger partial charge on any atom is 0.309 e. The molecule has 0 aliphatic carbocycles. The molecule has 2 amide bonds. The second-order valence-electron chi connectivity index (χ2n) is 8.21. The Morgan fingerprint density at radius 3 is 1.86 bits per heavy atom. The molecule has 0 aliphatic rings. The van der Waals surface area contributed by atoms with Crippen LogP contribution in [0, 0.1) is 0 Å². The summed E-state index contributed by atoms with van der Waals surface area (Å²) in [5.41, 5.74) is 1.30. The lowest BCUT2D eigenvalue weighted by Gasteiger charge is -2.33. The first-order valence-electron chi connectivity index (χ1n) is 11.6. The molecule has 2 rings (SSSR count). The van der Waals surface area contributed by atoms with Crippen LogP contribution in [0.15, 0.2) is 61.7 Å². The molecule has 0 radical (unpaired) electrons. The SMILES string of the molecule is C=CCC(CC=C)(CNC(=O)C(=O)NCCc1ccc(OC)c(OC)c1)c1ccc(OC)c(OC)c1. The Balaban J connectivity index is 2.06. The van der Waals surface area contributed by atoms with Gasteiger partial charge in [-0.05, 0) is 54.7 Å². The van der Waals surface area contributed by atoms with Crippen molar-refractivity contribution in [3.05, 3.63) is 72.8 Å². The van der Waals surface area contributed by atoms with Crippen molar-refractivity contribution in [2.75, 3.05) is 41.5 Å². The highest BCUT2D eigenvalue weighted by Gasteiger charge is 2.32. The van der Waals surface area contributed by atoms with Crippen LogP contribution in [0.2, 0.25) is 0 Å². The summed E-state index contributed by atoms with van der Waals surface area (Å²) in [7, 11) is 6.27. The monoisotopic (exact) mass is 496 g/mol. The topological polar surface area (TPSA) is 95.1 Å². The lowest BCUT2D eigenvalue weighted by Crippen LogP contribution is -2.46. The molecule has 0 bridgehead atoms. The molecule has 0 aromatic heterocycles. The van der Waals surface area contributed by atoms with Crippen molar-refractivity contribution in [2.24, 2.45) is 0 Å². The van der Waals surface area contributed by atoms with E-state index >= 15 is 0 Å². The van der Waals surface area contributed by atoms with Crippen LogP contribution >= 0.6 is 0 Å². The number of nitrogens with one attached hydrogen (secondary N) is 2. The normalized spacial score (nSPS) is 10.7. The van der Waals surface area contributed by atoms with E-state index in [1.807, 2.05) is 30.3 Å². The van der Waals surface area contributed by atoms with Crippen molar-refractivity contribution in [1.82, 2.24) is 10.6 Å². The van der Waals surface area contributed by atoms with Gasteiger partial charge in [0.25, 0.3) is 0 Å². The number of allylic oxidation sites excluding steroid dienone is 2. The third-order valence-electron chi connectivity index (χ3n) is 6.01. The molecule has 0 atom stereocenters. The van der Waals surface area contributed by atoms with E-state index in [0.717, 1.165) is 11.1 Å². The first-order chi connectivity index (χ1) is 17.4. The van der Waals surface area contributed by atoms with Crippen molar-refractivity contribution < 1.29 is 28.5 Å². The molecule has 2 aromatic carbocycles. The summed E-state index contributed by atoms with van der Waals surface area (Å²) in [6.07, 6.45) is 5.21. The number of hydrogen-bond donors (Lipinski definition) is 2. The molecule has 0 saturated carbocycles. The van der Waals surface area contributed by atoms with Gasteiger partial charge in [0.05, 0.1) is 28.4 Å². The van der Waals surface area contributed by atoms with E-state index in [2.05, 4.69) is 23.8 Å². The molecule has 0 aliphatic heterocycles. The van der Waals surface area contributed by atoms with Gasteiger partial charge in [-0.1, -0.05) is 24.3 Å². The number of hydrogen-bond acceptors (Lipinski definition) is 6. The molecule has 0 heterocycles. The average Bonchev–Trinajstić information content (AvgIpc) is 2.91. The first-order valence-corrected chi connectivity index (χ1v) is 11.6. The minimum Gasteiger partial charge on any atom is -0.493 e. The molecule has 0 spiro atoms. The molecule has 0 saturated heterocycles. The molecule has 0 fully saturated rings. The van der Waals surface area contributed by atoms with Crippen LogP contribution in [0.1, 0.15) is 24.0 Å². The summed E-state index contributed by atoms with van der Waals surface area (Å²) in [5.74, 6) is 1.00. The Morgan fingerprint density at radius 1 is 0.778 bits per heavy atom. The molecule has 2 aromatic rings. The fourth-order valence-electron chi connectivity index (χ4n) is 4.05. The Morgan fingerprint density at radius 2 is 1.31 bits per heavy atom. The first kappa shape index (κ1) is 28.3. The van der Waals surface area contributed by atoms with Crippen molar-refractivity contribution in [3.63, 3.8) is 0 Å². The summed E-state index contributed by atoms with van der Waals surface area (Å²) >= 11 is 0. The van der Waals surface area contributed by atoms with Gasteiger partial charge < -0.3 is 29.6 Å². The fraction of sp³-hybridized carbons (Fsp3) is 0.357. The van der Waals surface area contributed by atoms with Gasteiger partial charge in [-0.25, -0.2) is 0 Å². The molecule has 8 nitrogen and oxygen atoms in total. The number of carbonyl (C=O) groups is 2. The van der Waals surface area contributed by atoms with Gasteiger partial charge in [-0.15, -0.1) is 13.2 Å². The minimum atomic E-state index is -0.708. The van der Waals surface area contributed by atoms with Crippen molar-refractivity contribution in [2.45, 2.75) is 24.7 Å². The zero-order valence-corrected chi connectivity index (χ0v) is 21.5. The van der Waals surface area contributed by atoms with Gasteiger partial charge in [0.2, 0.25) is 0 Å². The predicted octanol–water partition coefficient (Wildman–Crippen LogP) is 3.59. The van der Waals surface area contributed by atoms with E-state index in [0.29, 0.717) is 48.8 Å². The quantitative estimate of drug-likeness (QED) is 0.307. The van der Waals surface area contributed by atoms with Gasteiger partial charge in [-0.3, -0.25) is 9.59 Å². The molecular formula is C28H36N2O6. The van der Waals surface area contributed by atoms with Crippen molar-refractivity contribution >= 4 is 11.8 Å². The number of benzene rings is 2. The summed E-state index contributed by atoms with van der Waals surface area (Å²) < 4.78 is 21.3. The molecule has 36 heavy (non-hydrogen) atoms. The van der Waals surface area contributed by atoms with Crippen LogP contribution in [-0.4, -0.2) is 53.3 Å². The summed E-state index contributed by atoms with van der Waals surface area (Å²) in [4.78, 5) is 25.1.